The molecule has 0 amide bonds. The molecule has 1 N–H and O–H groups in total. The molecular formula is C12H15BrN4. The summed E-state index contributed by atoms with van der Waals surface area (Å²) in [7, 11) is 0. The van der Waals surface area contributed by atoms with Crippen LogP contribution in [0.2, 0.25) is 0 Å². The fourth-order valence-corrected chi connectivity index (χ4v) is 2.86. The van der Waals surface area contributed by atoms with Gasteiger partial charge in [0, 0.05) is 22.6 Å². The molecule has 0 aliphatic carbocycles. The number of rotatable bonds is 1. The van der Waals surface area contributed by atoms with Gasteiger partial charge in [-0.2, -0.15) is 0 Å². The zero-order chi connectivity index (χ0) is 11.8. The third kappa shape index (κ3) is 2.09. The lowest BCUT2D eigenvalue weighted by atomic mass is 9.92. The predicted octanol–water partition coefficient (Wildman–Crippen LogP) is 2.35. The van der Waals surface area contributed by atoms with E-state index in [2.05, 4.69) is 49.0 Å². The highest BCUT2D eigenvalue weighted by Crippen LogP contribution is 2.27. The first-order valence-corrected chi connectivity index (χ1v) is 6.77. The summed E-state index contributed by atoms with van der Waals surface area (Å²) in [5.74, 6) is 1.60. The van der Waals surface area contributed by atoms with Crippen LogP contribution in [0.15, 0.2) is 22.8 Å². The van der Waals surface area contributed by atoms with Crippen LogP contribution in [0.1, 0.15) is 31.5 Å². The van der Waals surface area contributed by atoms with Gasteiger partial charge in [-0.25, -0.2) is 0 Å². The SMILES string of the molecule is CC1CC(c2nnc3ccc(Br)cn23)CCN1. The first kappa shape index (κ1) is 11.2. The van der Waals surface area contributed by atoms with Crippen molar-refractivity contribution >= 4 is 21.6 Å². The van der Waals surface area contributed by atoms with E-state index in [0.29, 0.717) is 12.0 Å². The smallest absolute Gasteiger partial charge is 0.160 e. The molecule has 1 aliphatic heterocycles. The molecule has 4 nitrogen and oxygen atoms in total. The topological polar surface area (TPSA) is 42.2 Å². The van der Waals surface area contributed by atoms with Gasteiger partial charge in [0.25, 0.3) is 0 Å². The Morgan fingerprint density at radius 1 is 1.41 bits per heavy atom. The van der Waals surface area contributed by atoms with Crippen LogP contribution < -0.4 is 5.32 Å². The molecule has 0 spiro atoms. The summed E-state index contributed by atoms with van der Waals surface area (Å²) >= 11 is 3.50. The second kappa shape index (κ2) is 4.38. The second-order valence-corrected chi connectivity index (χ2v) is 5.63. The first-order chi connectivity index (χ1) is 8.24. The lowest BCUT2D eigenvalue weighted by Gasteiger charge is -2.26. The van der Waals surface area contributed by atoms with Gasteiger partial charge >= 0.3 is 0 Å². The summed E-state index contributed by atoms with van der Waals surface area (Å²) in [6.07, 6.45) is 4.32. The summed E-state index contributed by atoms with van der Waals surface area (Å²) in [4.78, 5) is 0. The van der Waals surface area contributed by atoms with E-state index < -0.39 is 0 Å². The Morgan fingerprint density at radius 3 is 3.12 bits per heavy atom. The highest BCUT2D eigenvalue weighted by Gasteiger charge is 2.24. The van der Waals surface area contributed by atoms with E-state index >= 15 is 0 Å². The molecule has 0 aromatic carbocycles. The van der Waals surface area contributed by atoms with E-state index in [4.69, 9.17) is 0 Å². The quantitative estimate of drug-likeness (QED) is 0.878. The molecule has 2 aromatic heterocycles. The average molecular weight is 295 g/mol. The number of piperidine rings is 1. The van der Waals surface area contributed by atoms with Gasteiger partial charge in [-0.15, -0.1) is 10.2 Å². The summed E-state index contributed by atoms with van der Waals surface area (Å²) in [6, 6.07) is 4.55. The summed E-state index contributed by atoms with van der Waals surface area (Å²) in [6.45, 7) is 3.29. The molecular weight excluding hydrogens is 280 g/mol. The van der Waals surface area contributed by atoms with E-state index in [1.807, 2.05) is 12.1 Å². The monoisotopic (exact) mass is 294 g/mol. The highest BCUT2D eigenvalue weighted by molar-refractivity contribution is 9.10. The van der Waals surface area contributed by atoms with Crippen molar-refractivity contribution < 1.29 is 0 Å². The van der Waals surface area contributed by atoms with Gasteiger partial charge in [-0.3, -0.25) is 4.40 Å². The Morgan fingerprint density at radius 2 is 2.29 bits per heavy atom. The van der Waals surface area contributed by atoms with Crippen LogP contribution in [0.4, 0.5) is 0 Å². The minimum atomic E-state index is 0.510. The molecule has 0 bridgehead atoms. The lowest BCUT2D eigenvalue weighted by Crippen LogP contribution is -2.35. The summed E-state index contributed by atoms with van der Waals surface area (Å²) in [5.41, 5.74) is 0.925. The van der Waals surface area contributed by atoms with Crippen molar-refractivity contribution in [2.24, 2.45) is 0 Å². The van der Waals surface area contributed by atoms with Gasteiger partial charge in [0.15, 0.2) is 5.65 Å². The molecule has 5 heteroatoms. The molecule has 0 saturated carbocycles. The van der Waals surface area contributed by atoms with Crippen LogP contribution in [-0.4, -0.2) is 27.2 Å². The molecule has 3 rings (SSSR count). The number of halogens is 1. The molecule has 3 heterocycles. The molecule has 1 fully saturated rings. The second-order valence-electron chi connectivity index (χ2n) is 4.71. The van der Waals surface area contributed by atoms with E-state index in [1.54, 1.807) is 0 Å². The Bertz CT molecular complexity index is 536. The van der Waals surface area contributed by atoms with E-state index in [0.717, 1.165) is 35.3 Å². The summed E-state index contributed by atoms with van der Waals surface area (Å²) < 4.78 is 3.17. The Balaban J connectivity index is 2.01. The number of aromatic nitrogens is 3. The minimum Gasteiger partial charge on any atom is -0.314 e. The van der Waals surface area contributed by atoms with Crippen LogP contribution >= 0.6 is 15.9 Å². The molecule has 2 unspecified atom stereocenters. The van der Waals surface area contributed by atoms with E-state index in [-0.39, 0.29) is 0 Å². The van der Waals surface area contributed by atoms with Gasteiger partial charge < -0.3 is 5.32 Å². The van der Waals surface area contributed by atoms with E-state index in [1.165, 1.54) is 0 Å². The minimum absolute atomic E-state index is 0.510. The Kier molecular flexibility index (Phi) is 2.88. The van der Waals surface area contributed by atoms with Crippen LogP contribution in [0.5, 0.6) is 0 Å². The third-order valence-corrected chi connectivity index (χ3v) is 3.85. The predicted molar refractivity (Wildman–Crippen MR) is 70.1 cm³/mol. The Labute approximate surface area is 109 Å². The normalized spacial score (nSPS) is 25.3. The van der Waals surface area contributed by atoms with Crippen LogP contribution in [-0.2, 0) is 0 Å². The number of pyridine rings is 1. The third-order valence-electron chi connectivity index (χ3n) is 3.38. The first-order valence-electron chi connectivity index (χ1n) is 5.97. The van der Waals surface area contributed by atoms with Crippen molar-refractivity contribution in [3.8, 4) is 0 Å². The number of hydrogen-bond acceptors (Lipinski definition) is 3. The van der Waals surface area contributed by atoms with Crippen LogP contribution in [0.25, 0.3) is 5.65 Å². The number of nitrogens with one attached hydrogen (secondary N) is 1. The zero-order valence-electron chi connectivity index (χ0n) is 9.73. The standard InChI is InChI=1S/C12H15BrN4/c1-8-6-9(4-5-14-8)12-16-15-11-3-2-10(13)7-17(11)12/h2-3,7-9,14H,4-6H2,1H3. The number of hydrogen-bond donors (Lipinski definition) is 1. The molecule has 1 saturated heterocycles. The van der Waals surface area contributed by atoms with Crippen LogP contribution in [0, 0.1) is 0 Å². The maximum atomic E-state index is 4.36. The lowest BCUT2D eigenvalue weighted by molar-refractivity contribution is 0.369. The van der Waals surface area contributed by atoms with E-state index in [9.17, 15) is 0 Å². The van der Waals surface area contributed by atoms with Crippen molar-refractivity contribution in [3.05, 3.63) is 28.6 Å². The molecule has 2 atom stereocenters. The number of fused-ring (bicyclic) bond motifs is 1. The van der Waals surface area contributed by atoms with Gasteiger partial charge in [0.1, 0.15) is 5.82 Å². The maximum Gasteiger partial charge on any atom is 0.160 e. The van der Waals surface area contributed by atoms with Crippen molar-refractivity contribution in [1.29, 1.82) is 0 Å². The van der Waals surface area contributed by atoms with Gasteiger partial charge in [0.05, 0.1) is 0 Å². The van der Waals surface area contributed by atoms with Crippen molar-refractivity contribution in [3.63, 3.8) is 0 Å². The fraction of sp³-hybridized carbons (Fsp3) is 0.500. The molecule has 90 valence electrons. The molecule has 1 aliphatic rings. The molecule has 0 radical (unpaired) electrons. The molecule has 2 aromatic rings. The van der Waals surface area contributed by atoms with Gasteiger partial charge in [-0.1, -0.05) is 0 Å². The highest BCUT2D eigenvalue weighted by atomic mass is 79.9. The van der Waals surface area contributed by atoms with Gasteiger partial charge in [0.2, 0.25) is 0 Å². The summed E-state index contributed by atoms with van der Waals surface area (Å²) in [5, 5.41) is 12.1. The Hall–Kier alpha value is -0.940. The molecule has 17 heavy (non-hydrogen) atoms. The van der Waals surface area contributed by atoms with Crippen LogP contribution in [0.3, 0.4) is 0 Å². The van der Waals surface area contributed by atoms with Crippen molar-refractivity contribution in [2.75, 3.05) is 6.54 Å². The fourth-order valence-electron chi connectivity index (χ4n) is 2.53. The largest absolute Gasteiger partial charge is 0.314 e. The number of nitrogens with zero attached hydrogens (tertiary/aromatic N) is 3. The maximum absolute atomic E-state index is 4.36. The zero-order valence-corrected chi connectivity index (χ0v) is 11.3. The van der Waals surface area contributed by atoms with Gasteiger partial charge in [-0.05, 0) is 54.4 Å². The van der Waals surface area contributed by atoms with Crippen molar-refractivity contribution in [2.45, 2.75) is 31.7 Å². The van der Waals surface area contributed by atoms with Crippen molar-refractivity contribution in [1.82, 2.24) is 19.9 Å². The average Bonchev–Trinajstić information content (AvgIpc) is 2.71.